The molecule has 2 heterocycles. The lowest BCUT2D eigenvalue weighted by molar-refractivity contribution is -0.137. The molecule has 0 saturated carbocycles. The second-order valence-corrected chi connectivity index (χ2v) is 7.65. The van der Waals surface area contributed by atoms with Crippen molar-refractivity contribution in [1.29, 1.82) is 0 Å². The van der Waals surface area contributed by atoms with E-state index >= 15 is 0 Å². The van der Waals surface area contributed by atoms with Gasteiger partial charge < -0.3 is 9.64 Å². The van der Waals surface area contributed by atoms with E-state index in [4.69, 9.17) is 4.74 Å². The molecule has 4 rings (SSSR count). The average molecular weight is 480 g/mol. The lowest BCUT2D eigenvalue weighted by atomic mass is 10.1. The first-order chi connectivity index (χ1) is 14.4. The molecule has 0 radical (unpaired) electrons. The number of carbonyl (C=O) groups is 1. The van der Waals surface area contributed by atoms with Crippen molar-refractivity contribution in [2.45, 2.75) is 19.3 Å². The number of halogens is 4. The summed E-state index contributed by atoms with van der Waals surface area (Å²) in [4.78, 5) is 14.1. The normalized spacial score (nSPS) is 13.6. The fourth-order valence-electron chi connectivity index (χ4n) is 3.38. The van der Waals surface area contributed by atoms with E-state index in [1.54, 1.807) is 23.2 Å². The Morgan fingerprint density at radius 2 is 1.93 bits per heavy atom. The molecule has 5 nitrogen and oxygen atoms in total. The predicted octanol–water partition coefficient (Wildman–Crippen LogP) is 5.03. The van der Waals surface area contributed by atoms with Gasteiger partial charge in [0.1, 0.15) is 12.4 Å². The maximum atomic E-state index is 12.8. The minimum absolute atomic E-state index is 0.00965. The third-order valence-corrected chi connectivity index (χ3v) is 5.26. The first-order valence-electron chi connectivity index (χ1n) is 9.18. The van der Waals surface area contributed by atoms with Gasteiger partial charge in [0.25, 0.3) is 5.91 Å². The molecule has 0 bridgehead atoms. The minimum Gasteiger partial charge on any atom is -0.489 e. The molecule has 2 aromatic carbocycles. The number of hydrogen-bond donors (Lipinski definition) is 1. The minimum atomic E-state index is -4.38. The fourth-order valence-corrected chi connectivity index (χ4v) is 3.81. The van der Waals surface area contributed by atoms with Crippen LogP contribution in [0.3, 0.4) is 0 Å². The van der Waals surface area contributed by atoms with Crippen molar-refractivity contribution in [3.63, 3.8) is 0 Å². The summed E-state index contributed by atoms with van der Waals surface area (Å²) in [6.07, 6.45) is -2.73. The molecule has 156 valence electrons. The Morgan fingerprint density at radius 3 is 2.63 bits per heavy atom. The van der Waals surface area contributed by atoms with E-state index in [-0.39, 0.29) is 12.5 Å². The molecule has 1 aliphatic rings. The number of nitrogens with one attached hydrogen (secondary N) is 1. The van der Waals surface area contributed by atoms with Crippen molar-refractivity contribution in [2.24, 2.45) is 0 Å². The topological polar surface area (TPSA) is 58.2 Å². The summed E-state index contributed by atoms with van der Waals surface area (Å²) in [7, 11) is 0. The van der Waals surface area contributed by atoms with Crippen LogP contribution in [-0.2, 0) is 19.3 Å². The number of carbonyl (C=O) groups excluding carboxylic acids is 1. The molecular formula is C21H17BrF3N3O2. The molecule has 3 aromatic rings. The number of H-pyrrole nitrogens is 1. The van der Waals surface area contributed by atoms with Crippen molar-refractivity contribution in [2.75, 3.05) is 11.9 Å². The maximum absolute atomic E-state index is 12.8. The Morgan fingerprint density at radius 1 is 1.17 bits per heavy atom. The molecule has 0 fully saturated rings. The molecule has 1 aliphatic heterocycles. The fraction of sp³-hybridized carbons (Fsp3) is 0.238. The maximum Gasteiger partial charge on any atom is 0.416 e. The lowest BCUT2D eigenvalue weighted by Gasteiger charge is -2.12. The largest absolute Gasteiger partial charge is 0.489 e. The van der Waals surface area contributed by atoms with Crippen LogP contribution in [0.1, 0.15) is 27.0 Å². The van der Waals surface area contributed by atoms with Gasteiger partial charge in [-0.25, -0.2) is 0 Å². The zero-order valence-corrected chi connectivity index (χ0v) is 17.3. The first-order valence-corrected chi connectivity index (χ1v) is 10.3. The molecule has 1 aromatic heterocycles. The van der Waals surface area contributed by atoms with Crippen LogP contribution < -0.4 is 4.74 Å². The Balaban J connectivity index is 1.47. The number of alkyl halides is 4. The number of benzene rings is 2. The summed E-state index contributed by atoms with van der Waals surface area (Å²) in [5.41, 5.74) is 2.69. The monoisotopic (exact) mass is 479 g/mol. The van der Waals surface area contributed by atoms with Crippen LogP contribution >= 0.6 is 15.9 Å². The predicted molar refractivity (Wildman–Crippen MR) is 108 cm³/mol. The lowest BCUT2D eigenvalue weighted by Crippen LogP contribution is -2.25. The van der Waals surface area contributed by atoms with Gasteiger partial charge in [-0.1, -0.05) is 28.1 Å². The van der Waals surface area contributed by atoms with Crippen LogP contribution in [0.4, 0.5) is 13.2 Å². The highest BCUT2D eigenvalue weighted by molar-refractivity contribution is 9.09. The number of aromatic amines is 1. The summed E-state index contributed by atoms with van der Waals surface area (Å²) in [5.74, 6) is 0.622. The number of aromatic nitrogens is 2. The Bertz CT molecular complexity index is 1060. The number of amides is 1. The van der Waals surface area contributed by atoms with E-state index in [1.165, 1.54) is 12.1 Å². The second kappa shape index (κ2) is 8.14. The van der Waals surface area contributed by atoms with Crippen molar-refractivity contribution in [3.8, 4) is 17.0 Å². The highest BCUT2D eigenvalue weighted by atomic mass is 79.9. The Labute approximate surface area is 179 Å². The van der Waals surface area contributed by atoms with Crippen molar-refractivity contribution < 1.29 is 22.7 Å². The standard InChI is InChI=1S/C21H17BrF3N3O2/c22-7-8-28-11-14-9-17(5-6-18(14)20(28)29)30-12-15-10-26-27-19(15)13-1-3-16(4-2-13)21(23,24)25/h1-6,9-10H,7-8,11-12H2,(H,26,27). The molecule has 1 amide bonds. The number of hydrogen-bond acceptors (Lipinski definition) is 3. The molecule has 30 heavy (non-hydrogen) atoms. The van der Waals surface area contributed by atoms with Crippen molar-refractivity contribution in [3.05, 3.63) is 70.9 Å². The quantitative estimate of drug-likeness (QED) is 0.504. The SMILES string of the molecule is O=C1c2ccc(OCc3c[nH]nc3-c3ccc(C(F)(F)F)cc3)cc2CN1CCBr. The third kappa shape index (κ3) is 4.07. The number of rotatable bonds is 6. The smallest absolute Gasteiger partial charge is 0.416 e. The molecular weight excluding hydrogens is 463 g/mol. The molecule has 1 N–H and O–H groups in total. The summed E-state index contributed by atoms with van der Waals surface area (Å²) in [6.45, 7) is 1.36. The van der Waals surface area contributed by atoms with Gasteiger partial charge in [-0.05, 0) is 35.9 Å². The first kappa shape index (κ1) is 20.5. The molecule has 0 atom stereocenters. The molecule has 0 aliphatic carbocycles. The van der Waals surface area contributed by atoms with Crippen LogP contribution in [0.15, 0.2) is 48.7 Å². The van der Waals surface area contributed by atoms with E-state index in [2.05, 4.69) is 26.1 Å². The van der Waals surface area contributed by atoms with E-state index in [0.717, 1.165) is 17.7 Å². The highest BCUT2D eigenvalue weighted by Gasteiger charge is 2.30. The van der Waals surface area contributed by atoms with Gasteiger partial charge in [-0.2, -0.15) is 18.3 Å². The second-order valence-electron chi connectivity index (χ2n) is 6.86. The van der Waals surface area contributed by atoms with Gasteiger partial charge in [0.15, 0.2) is 0 Å². The van der Waals surface area contributed by atoms with Crippen molar-refractivity contribution >= 4 is 21.8 Å². The van der Waals surface area contributed by atoms with E-state index < -0.39 is 11.7 Å². The van der Waals surface area contributed by atoms with E-state index in [1.807, 2.05) is 6.07 Å². The van der Waals surface area contributed by atoms with Crippen molar-refractivity contribution in [1.82, 2.24) is 15.1 Å². The van der Waals surface area contributed by atoms with Crippen LogP contribution in [0, 0.1) is 0 Å². The Kier molecular flexibility index (Phi) is 5.55. The van der Waals surface area contributed by atoms with Crippen LogP contribution in [0.2, 0.25) is 0 Å². The molecule has 0 saturated heterocycles. The van der Waals surface area contributed by atoms with Gasteiger partial charge in [-0.15, -0.1) is 0 Å². The van der Waals surface area contributed by atoms with Gasteiger partial charge in [-0.3, -0.25) is 9.89 Å². The van der Waals surface area contributed by atoms with E-state index in [0.29, 0.717) is 46.6 Å². The number of nitrogens with zero attached hydrogens (tertiary/aromatic N) is 2. The van der Waals surface area contributed by atoms with Gasteiger partial charge in [0.2, 0.25) is 0 Å². The van der Waals surface area contributed by atoms with Gasteiger partial charge >= 0.3 is 6.18 Å². The average Bonchev–Trinajstić information content (AvgIpc) is 3.31. The molecule has 0 spiro atoms. The van der Waals surface area contributed by atoms with Crippen LogP contribution in [0.5, 0.6) is 5.75 Å². The summed E-state index contributed by atoms with van der Waals surface area (Å²) < 4.78 is 44.2. The zero-order valence-electron chi connectivity index (χ0n) is 15.7. The molecule has 9 heteroatoms. The van der Waals surface area contributed by atoms with Crippen LogP contribution in [0.25, 0.3) is 11.3 Å². The summed E-state index contributed by atoms with van der Waals surface area (Å²) in [5, 5.41) is 7.60. The van der Waals surface area contributed by atoms with Crippen LogP contribution in [-0.4, -0.2) is 32.9 Å². The number of ether oxygens (including phenoxy) is 1. The van der Waals surface area contributed by atoms with E-state index in [9.17, 15) is 18.0 Å². The van der Waals surface area contributed by atoms with Gasteiger partial charge in [0, 0.05) is 41.3 Å². The summed E-state index contributed by atoms with van der Waals surface area (Å²) in [6, 6.07) is 10.2. The van der Waals surface area contributed by atoms with Gasteiger partial charge in [0.05, 0.1) is 11.3 Å². The third-order valence-electron chi connectivity index (χ3n) is 4.91. The highest BCUT2D eigenvalue weighted by Crippen LogP contribution is 2.32. The molecule has 0 unspecified atom stereocenters. The zero-order chi connectivity index (χ0) is 21.3. The summed E-state index contributed by atoms with van der Waals surface area (Å²) >= 11 is 3.35. The number of fused-ring (bicyclic) bond motifs is 1. The Hall–Kier alpha value is -2.81.